The molecular weight excluding hydrogens is 274 g/mol. The summed E-state index contributed by atoms with van der Waals surface area (Å²) < 4.78 is 1.02. The first-order chi connectivity index (χ1) is 7.54. The Balaban J connectivity index is 0.00000144. The minimum atomic E-state index is 0. The molecule has 0 heterocycles. The van der Waals surface area contributed by atoms with Gasteiger partial charge in [-0.15, -0.1) is 0 Å². The molecule has 0 spiro atoms. The molecule has 0 saturated carbocycles. The van der Waals surface area contributed by atoms with E-state index in [-0.39, 0.29) is 17.0 Å². The van der Waals surface area contributed by atoms with Crippen molar-refractivity contribution >= 4 is 10.8 Å². The molecule has 2 aromatic carbocycles. The van der Waals surface area contributed by atoms with E-state index in [4.69, 9.17) is 0 Å². The van der Waals surface area contributed by atoms with E-state index in [0.29, 0.717) is 0 Å². The number of benzene rings is 2. The lowest BCUT2D eigenvalue weighted by molar-refractivity contribution is -0.870. The molecule has 1 nitrogen and oxygen atoms in total. The zero-order valence-corrected chi connectivity index (χ0v) is 12.4. The molecule has 0 aliphatic rings. The van der Waals surface area contributed by atoms with Crippen LogP contribution in [0.5, 0.6) is 0 Å². The van der Waals surface area contributed by atoms with Crippen molar-refractivity contribution in [3.05, 3.63) is 48.0 Å². The highest BCUT2D eigenvalue weighted by atomic mass is 79.9. The maximum Gasteiger partial charge on any atom is 0.0821 e. The quantitative estimate of drug-likeness (QED) is 0.704. The van der Waals surface area contributed by atoms with Crippen LogP contribution in [0.4, 0.5) is 0 Å². The van der Waals surface area contributed by atoms with Crippen molar-refractivity contribution in [3.63, 3.8) is 0 Å². The number of nitrogens with zero attached hydrogens (tertiary/aromatic N) is 1. The van der Waals surface area contributed by atoms with Crippen LogP contribution in [-0.2, 0) is 6.42 Å². The number of likely N-dealkylation sites (N-methyl/N-ethyl adjacent to an activating group) is 1. The summed E-state index contributed by atoms with van der Waals surface area (Å²) in [5.41, 5.74) is 1.44. The first-order valence-electron chi connectivity index (χ1n) is 5.83. The average Bonchev–Trinajstić information content (AvgIpc) is 2.25. The van der Waals surface area contributed by atoms with Gasteiger partial charge in [-0.1, -0.05) is 42.5 Å². The van der Waals surface area contributed by atoms with E-state index in [1.54, 1.807) is 0 Å². The zero-order valence-electron chi connectivity index (χ0n) is 10.8. The third-order valence-corrected chi connectivity index (χ3v) is 2.89. The molecule has 0 aliphatic heterocycles. The average molecular weight is 294 g/mol. The number of rotatable bonds is 3. The van der Waals surface area contributed by atoms with E-state index < -0.39 is 0 Å². The van der Waals surface area contributed by atoms with Crippen LogP contribution in [0.25, 0.3) is 10.8 Å². The fraction of sp³-hybridized carbons (Fsp3) is 0.333. The molecule has 17 heavy (non-hydrogen) atoms. The molecule has 0 saturated heterocycles. The molecule has 0 aliphatic carbocycles. The SMILES string of the molecule is C[N+](C)(C)CCc1ccc2ccccc2c1.[Br-]. The Kier molecular flexibility index (Phi) is 4.72. The summed E-state index contributed by atoms with van der Waals surface area (Å²) in [6, 6.07) is 15.3. The lowest BCUT2D eigenvalue weighted by Gasteiger charge is -2.23. The highest BCUT2D eigenvalue weighted by Crippen LogP contribution is 2.16. The molecule has 0 amide bonds. The normalized spacial score (nSPS) is 11.2. The van der Waals surface area contributed by atoms with Gasteiger partial charge in [0.1, 0.15) is 0 Å². The Morgan fingerprint density at radius 2 is 1.53 bits per heavy atom. The van der Waals surface area contributed by atoms with Crippen molar-refractivity contribution in [3.8, 4) is 0 Å². The second kappa shape index (κ2) is 5.65. The molecule has 0 N–H and O–H groups in total. The van der Waals surface area contributed by atoms with Crippen molar-refractivity contribution in [2.24, 2.45) is 0 Å². The summed E-state index contributed by atoms with van der Waals surface area (Å²) >= 11 is 0. The van der Waals surface area contributed by atoms with E-state index >= 15 is 0 Å². The minimum absolute atomic E-state index is 0. The van der Waals surface area contributed by atoms with Gasteiger partial charge >= 0.3 is 0 Å². The van der Waals surface area contributed by atoms with Crippen LogP contribution in [0.3, 0.4) is 0 Å². The van der Waals surface area contributed by atoms with Gasteiger partial charge in [-0.2, -0.15) is 0 Å². The van der Waals surface area contributed by atoms with Gasteiger partial charge in [-0.3, -0.25) is 0 Å². The van der Waals surface area contributed by atoms with Crippen LogP contribution in [-0.4, -0.2) is 32.2 Å². The van der Waals surface area contributed by atoms with Crippen molar-refractivity contribution in [2.45, 2.75) is 6.42 Å². The zero-order chi connectivity index (χ0) is 11.6. The third-order valence-electron chi connectivity index (χ3n) is 2.89. The summed E-state index contributed by atoms with van der Waals surface area (Å²) in [7, 11) is 6.71. The van der Waals surface area contributed by atoms with Crippen LogP contribution in [0.2, 0.25) is 0 Å². The number of fused-ring (bicyclic) bond motifs is 1. The van der Waals surface area contributed by atoms with E-state index in [1.165, 1.54) is 22.9 Å². The molecule has 0 radical (unpaired) electrons. The summed E-state index contributed by atoms with van der Waals surface area (Å²) in [6.07, 6.45) is 1.15. The summed E-state index contributed by atoms with van der Waals surface area (Å²) in [5.74, 6) is 0. The predicted octanol–water partition coefficient (Wildman–Crippen LogP) is 0.0925. The summed E-state index contributed by atoms with van der Waals surface area (Å²) in [4.78, 5) is 0. The van der Waals surface area contributed by atoms with Gasteiger partial charge in [0, 0.05) is 6.42 Å². The smallest absolute Gasteiger partial charge is 0.0821 e. The highest BCUT2D eigenvalue weighted by Gasteiger charge is 2.06. The Labute approximate surface area is 114 Å². The Morgan fingerprint density at radius 1 is 0.882 bits per heavy atom. The molecule has 0 aromatic heterocycles. The van der Waals surface area contributed by atoms with E-state index in [2.05, 4.69) is 63.6 Å². The Bertz CT molecular complexity index is 485. The first kappa shape index (κ1) is 14.2. The molecule has 0 bridgehead atoms. The number of halogens is 1. The molecule has 2 rings (SSSR count). The van der Waals surface area contributed by atoms with Crippen molar-refractivity contribution < 1.29 is 21.5 Å². The summed E-state index contributed by atoms with van der Waals surface area (Å²) in [5, 5.41) is 2.68. The first-order valence-corrected chi connectivity index (χ1v) is 5.83. The van der Waals surface area contributed by atoms with Crippen molar-refractivity contribution in [1.29, 1.82) is 0 Å². The third kappa shape index (κ3) is 4.14. The molecule has 2 heteroatoms. The fourth-order valence-corrected chi connectivity index (χ4v) is 1.86. The maximum atomic E-state index is 2.31. The topological polar surface area (TPSA) is 0 Å². The van der Waals surface area contributed by atoms with Crippen molar-refractivity contribution in [2.75, 3.05) is 27.7 Å². The largest absolute Gasteiger partial charge is 1.00 e. The lowest BCUT2D eigenvalue weighted by Crippen LogP contribution is -3.00. The van der Waals surface area contributed by atoms with E-state index in [0.717, 1.165) is 10.9 Å². The van der Waals surface area contributed by atoms with E-state index in [9.17, 15) is 0 Å². The summed E-state index contributed by atoms with van der Waals surface area (Å²) in [6.45, 7) is 1.18. The maximum absolute atomic E-state index is 2.31. The van der Waals surface area contributed by atoms with Gasteiger partial charge in [0.2, 0.25) is 0 Å². The van der Waals surface area contributed by atoms with Crippen LogP contribution < -0.4 is 17.0 Å². The predicted molar refractivity (Wildman–Crippen MR) is 70.6 cm³/mol. The number of quaternary nitrogens is 1. The molecule has 0 fully saturated rings. The van der Waals surface area contributed by atoms with Crippen molar-refractivity contribution in [1.82, 2.24) is 0 Å². The van der Waals surface area contributed by atoms with Gasteiger partial charge in [0.25, 0.3) is 0 Å². The minimum Gasteiger partial charge on any atom is -1.00 e. The molecule has 2 aromatic rings. The van der Waals surface area contributed by atoms with Gasteiger partial charge < -0.3 is 21.5 Å². The van der Waals surface area contributed by atoms with Gasteiger partial charge in [-0.05, 0) is 16.3 Å². The Morgan fingerprint density at radius 3 is 2.18 bits per heavy atom. The second-order valence-corrected chi connectivity index (χ2v) is 5.45. The molecule has 0 atom stereocenters. The van der Waals surface area contributed by atoms with Gasteiger partial charge in [-0.25, -0.2) is 0 Å². The molecule has 92 valence electrons. The number of hydrogen-bond acceptors (Lipinski definition) is 0. The van der Waals surface area contributed by atoms with Gasteiger partial charge in [0.05, 0.1) is 27.7 Å². The second-order valence-electron chi connectivity index (χ2n) is 5.45. The fourth-order valence-electron chi connectivity index (χ4n) is 1.86. The van der Waals surface area contributed by atoms with Gasteiger partial charge in [0.15, 0.2) is 0 Å². The Hall–Kier alpha value is -0.860. The number of hydrogen-bond donors (Lipinski definition) is 0. The molecule has 0 unspecified atom stereocenters. The van der Waals surface area contributed by atoms with Crippen LogP contribution in [0.15, 0.2) is 42.5 Å². The monoisotopic (exact) mass is 293 g/mol. The van der Waals surface area contributed by atoms with E-state index in [1.807, 2.05) is 0 Å². The standard InChI is InChI=1S/C15H20N.BrH/c1-16(2,3)11-10-13-8-9-14-6-4-5-7-15(14)12-13;/h4-9,12H,10-11H2,1-3H3;1H/q+1;/p-1. The van der Waals surface area contributed by atoms with Crippen LogP contribution >= 0.6 is 0 Å². The van der Waals surface area contributed by atoms with Crippen LogP contribution in [0, 0.1) is 0 Å². The molecular formula is C15H20BrN. The highest BCUT2D eigenvalue weighted by molar-refractivity contribution is 5.82. The van der Waals surface area contributed by atoms with Crippen LogP contribution in [0.1, 0.15) is 5.56 Å². The lowest BCUT2D eigenvalue weighted by atomic mass is 10.0.